The smallest absolute Gasteiger partial charge is 0.277 e. The van der Waals surface area contributed by atoms with Crippen LogP contribution in [-0.4, -0.2) is 26.3 Å². The van der Waals surface area contributed by atoms with Crippen LogP contribution in [0, 0.1) is 19.7 Å². The number of rotatable bonds is 6. The van der Waals surface area contributed by atoms with E-state index in [-0.39, 0.29) is 16.6 Å². The molecule has 1 aliphatic rings. The summed E-state index contributed by atoms with van der Waals surface area (Å²) in [4.78, 5) is 12.7. The summed E-state index contributed by atoms with van der Waals surface area (Å²) < 4.78 is 20.9. The number of benzene rings is 1. The van der Waals surface area contributed by atoms with Crippen molar-refractivity contribution in [1.82, 2.24) is 14.8 Å². The van der Waals surface area contributed by atoms with Gasteiger partial charge in [-0.1, -0.05) is 23.4 Å². The molecule has 0 bridgehead atoms. The van der Waals surface area contributed by atoms with Crippen LogP contribution in [0.15, 0.2) is 33.9 Å². The van der Waals surface area contributed by atoms with E-state index in [1.54, 1.807) is 12.1 Å². The molecule has 0 saturated heterocycles. The SMILES string of the molecule is Cc1cc(C(=O)CSc2nnc(C3CC3)o2)c(C)n1-c1ccc(F)c(Cl)c1. The maximum Gasteiger partial charge on any atom is 0.277 e. The molecule has 4 rings (SSSR count). The monoisotopic (exact) mass is 405 g/mol. The Kier molecular flexibility index (Phi) is 4.82. The number of carbonyl (C=O) groups excluding carboxylic acids is 1. The highest BCUT2D eigenvalue weighted by Crippen LogP contribution is 2.39. The normalized spacial score (nSPS) is 13.9. The average molecular weight is 406 g/mol. The summed E-state index contributed by atoms with van der Waals surface area (Å²) in [5, 5.41) is 8.48. The molecule has 5 nitrogen and oxygen atoms in total. The molecule has 27 heavy (non-hydrogen) atoms. The van der Waals surface area contributed by atoms with Crippen molar-refractivity contribution in [2.24, 2.45) is 0 Å². The number of thioether (sulfide) groups is 1. The molecule has 140 valence electrons. The number of aryl methyl sites for hydroxylation is 1. The zero-order valence-corrected chi connectivity index (χ0v) is 16.4. The van der Waals surface area contributed by atoms with Crippen LogP contribution in [0.5, 0.6) is 0 Å². The lowest BCUT2D eigenvalue weighted by Gasteiger charge is -2.10. The summed E-state index contributed by atoms with van der Waals surface area (Å²) in [6.07, 6.45) is 2.18. The van der Waals surface area contributed by atoms with E-state index in [0.717, 1.165) is 24.2 Å². The number of hydrogen-bond acceptors (Lipinski definition) is 5. The standard InChI is InChI=1S/C19H17ClFN3O2S/c1-10-7-14(11(2)24(10)13-5-6-16(21)15(20)8-13)17(25)9-27-19-23-22-18(26-19)12-3-4-12/h5-8,12H,3-4,9H2,1-2H3. The van der Waals surface area contributed by atoms with Gasteiger partial charge in [0.1, 0.15) is 5.82 Å². The number of aromatic nitrogens is 3. The summed E-state index contributed by atoms with van der Waals surface area (Å²) in [6, 6.07) is 6.35. The second kappa shape index (κ2) is 7.13. The van der Waals surface area contributed by atoms with Crippen LogP contribution in [0.3, 0.4) is 0 Å². The van der Waals surface area contributed by atoms with E-state index in [9.17, 15) is 9.18 Å². The minimum absolute atomic E-state index is 0.0290. The molecule has 0 aliphatic heterocycles. The Morgan fingerprint density at radius 3 is 2.81 bits per heavy atom. The molecule has 0 N–H and O–H groups in total. The molecule has 0 atom stereocenters. The maximum absolute atomic E-state index is 13.4. The minimum atomic E-state index is -0.472. The lowest BCUT2D eigenvalue weighted by Crippen LogP contribution is -2.05. The predicted octanol–water partition coefficient (Wildman–Crippen LogP) is 5.12. The topological polar surface area (TPSA) is 60.9 Å². The third kappa shape index (κ3) is 3.66. The molecule has 0 spiro atoms. The second-order valence-corrected chi connectivity index (χ2v) is 7.94. The van der Waals surface area contributed by atoms with Gasteiger partial charge in [0.25, 0.3) is 5.22 Å². The molecular formula is C19H17ClFN3O2S. The summed E-state index contributed by atoms with van der Waals surface area (Å²) in [6.45, 7) is 3.76. The number of carbonyl (C=O) groups is 1. The fraction of sp³-hybridized carbons (Fsp3) is 0.316. The molecule has 1 aliphatic carbocycles. The molecule has 2 aromatic heterocycles. The van der Waals surface area contributed by atoms with Crippen molar-refractivity contribution in [1.29, 1.82) is 0 Å². The van der Waals surface area contributed by atoms with E-state index < -0.39 is 5.82 Å². The summed E-state index contributed by atoms with van der Waals surface area (Å²) in [5.74, 6) is 0.764. The highest BCUT2D eigenvalue weighted by Gasteiger charge is 2.29. The van der Waals surface area contributed by atoms with E-state index in [0.29, 0.717) is 28.3 Å². The Morgan fingerprint density at radius 2 is 2.11 bits per heavy atom. The molecule has 0 amide bonds. The number of hydrogen-bond donors (Lipinski definition) is 0. The van der Waals surface area contributed by atoms with Crippen molar-refractivity contribution >= 4 is 29.1 Å². The lowest BCUT2D eigenvalue weighted by molar-refractivity contribution is 0.102. The van der Waals surface area contributed by atoms with Gasteiger partial charge < -0.3 is 8.98 Å². The van der Waals surface area contributed by atoms with Crippen molar-refractivity contribution in [3.63, 3.8) is 0 Å². The molecular weight excluding hydrogens is 389 g/mol. The molecule has 8 heteroatoms. The highest BCUT2D eigenvalue weighted by atomic mass is 35.5. The van der Waals surface area contributed by atoms with E-state index in [1.807, 2.05) is 24.5 Å². The van der Waals surface area contributed by atoms with Crippen LogP contribution in [0.25, 0.3) is 5.69 Å². The van der Waals surface area contributed by atoms with Gasteiger partial charge in [-0.25, -0.2) is 4.39 Å². The molecule has 1 aromatic carbocycles. The van der Waals surface area contributed by atoms with Gasteiger partial charge in [0.15, 0.2) is 5.78 Å². The van der Waals surface area contributed by atoms with Crippen molar-refractivity contribution < 1.29 is 13.6 Å². The zero-order chi connectivity index (χ0) is 19.1. The van der Waals surface area contributed by atoms with Crippen LogP contribution in [0.1, 0.15) is 46.4 Å². The van der Waals surface area contributed by atoms with Crippen molar-refractivity contribution in [2.45, 2.75) is 37.8 Å². The van der Waals surface area contributed by atoms with Crippen LogP contribution in [0.4, 0.5) is 4.39 Å². The summed E-state index contributed by atoms with van der Waals surface area (Å²) in [5.41, 5.74) is 2.98. The van der Waals surface area contributed by atoms with E-state index in [1.165, 1.54) is 17.8 Å². The summed E-state index contributed by atoms with van der Waals surface area (Å²) >= 11 is 7.15. The lowest BCUT2D eigenvalue weighted by atomic mass is 10.2. The predicted molar refractivity (Wildman–Crippen MR) is 102 cm³/mol. The molecule has 3 aromatic rings. The molecule has 1 saturated carbocycles. The van der Waals surface area contributed by atoms with Gasteiger partial charge in [0.05, 0.1) is 10.8 Å². The minimum Gasteiger partial charge on any atom is -0.416 e. The molecule has 1 fully saturated rings. The van der Waals surface area contributed by atoms with E-state index in [2.05, 4.69) is 10.2 Å². The van der Waals surface area contributed by atoms with Crippen molar-refractivity contribution in [3.8, 4) is 5.69 Å². The molecule has 0 radical (unpaired) electrons. The number of Topliss-reactive ketones (excluding diaryl/α,β-unsaturated/α-hetero) is 1. The Hall–Kier alpha value is -2.12. The first-order valence-corrected chi connectivity index (χ1v) is 9.94. The Morgan fingerprint density at radius 1 is 1.33 bits per heavy atom. The van der Waals surface area contributed by atoms with Crippen molar-refractivity contribution in [2.75, 3.05) is 5.75 Å². The van der Waals surface area contributed by atoms with Crippen LogP contribution in [-0.2, 0) is 0 Å². The molecule has 2 heterocycles. The third-order valence-corrected chi connectivity index (χ3v) is 5.68. The number of halogens is 2. The quantitative estimate of drug-likeness (QED) is 0.420. The number of nitrogens with zero attached hydrogens (tertiary/aromatic N) is 3. The van der Waals surface area contributed by atoms with Crippen LogP contribution in [0.2, 0.25) is 5.02 Å². The third-order valence-electron chi connectivity index (χ3n) is 4.57. The fourth-order valence-electron chi connectivity index (χ4n) is 3.05. The first-order valence-electron chi connectivity index (χ1n) is 8.58. The first-order chi connectivity index (χ1) is 12.9. The zero-order valence-electron chi connectivity index (χ0n) is 14.8. The average Bonchev–Trinajstić information content (AvgIpc) is 3.31. The van der Waals surface area contributed by atoms with Gasteiger partial charge in [-0.3, -0.25) is 4.79 Å². The maximum atomic E-state index is 13.4. The highest BCUT2D eigenvalue weighted by molar-refractivity contribution is 7.99. The summed E-state index contributed by atoms with van der Waals surface area (Å²) in [7, 11) is 0. The van der Waals surface area contributed by atoms with Gasteiger partial charge in [0, 0.05) is 28.6 Å². The molecule has 0 unspecified atom stereocenters. The van der Waals surface area contributed by atoms with Gasteiger partial charge in [-0.2, -0.15) is 0 Å². The largest absolute Gasteiger partial charge is 0.416 e. The number of ketones is 1. The van der Waals surface area contributed by atoms with E-state index in [4.69, 9.17) is 16.0 Å². The Balaban J connectivity index is 1.52. The Labute approximate surface area is 164 Å². The van der Waals surface area contributed by atoms with Gasteiger partial charge >= 0.3 is 0 Å². The first kappa shape index (κ1) is 18.3. The van der Waals surface area contributed by atoms with Crippen molar-refractivity contribution in [3.05, 3.63) is 57.9 Å². The van der Waals surface area contributed by atoms with Crippen LogP contribution >= 0.6 is 23.4 Å². The second-order valence-electron chi connectivity index (χ2n) is 6.61. The van der Waals surface area contributed by atoms with E-state index >= 15 is 0 Å². The van der Waals surface area contributed by atoms with Gasteiger partial charge in [-0.05, 0) is 51.0 Å². The van der Waals surface area contributed by atoms with Crippen LogP contribution < -0.4 is 0 Å². The Bertz CT molecular complexity index is 1030. The van der Waals surface area contributed by atoms with Gasteiger partial charge in [-0.15, -0.1) is 10.2 Å². The fourth-order valence-corrected chi connectivity index (χ4v) is 3.87. The van der Waals surface area contributed by atoms with Gasteiger partial charge in [0.2, 0.25) is 5.89 Å².